The first-order valence-electron chi connectivity index (χ1n) is 6.96. The minimum Gasteiger partial charge on any atom is -0.349 e. The fourth-order valence-electron chi connectivity index (χ4n) is 2.62. The van der Waals surface area contributed by atoms with Crippen LogP contribution in [0.5, 0.6) is 0 Å². The van der Waals surface area contributed by atoms with Gasteiger partial charge in [-0.05, 0) is 31.2 Å². The van der Waals surface area contributed by atoms with E-state index in [9.17, 15) is 4.79 Å². The molecule has 1 fully saturated rings. The van der Waals surface area contributed by atoms with Crippen molar-refractivity contribution in [1.82, 2.24) is 10.2 Å². The van der Waals surface area contributed by atoms with E-state index in [0.29, 0.717) is 12.5 Å². The molecule has 1 N–H and O–H groups in total. The highest BCUT2D eigenvalue weighted by molar-refractivity contribution is 5.75. The van der Waals surface area contributed by atoms with Gasteiger partial charge in [0.2, 0.25) is 5.91 Å². The number of nitrogens with zero attached hydrogens (tertiary/aromatic N) is 1. The summed E-state index contributed by atoms with van der Waals surface area (Å²) in [4.78, 5) is 13.1. The van der Waals surface area contributed by atoms with Gasteiger partial charge in [-0.25, -0.2) is 0 Å². The summed E-state index contributed by atoms with van der Waals surface area (Å²) in [7, 11) is 3.64. The van der Waals surface area contributed by atoms with E-state index < -0.39 is 0 Å². The quantitative estimate of drug-likeness (QED) is 0.748. The number of rotatable bonds is 5. The molecule has 1 aliphatic rings. The third-order valence-corrected chi connectivity index (χ3v) is 4.18. The lowest BCUT2D eigenvalue weighted by Gasteiger charge is -2.34. The second kappa shape index (κ2) is 7.00. The molecular weight excluding hydrogens is 212 g/mol. The molecule has 1 amide bonds. The highest BCUT2D eigenvalue weighted by Crippen LogP contribution is 2.29. The topological polar surface area (TPSA) is 32.3 Å². The first kappa shape index (κ1) is 14.5. The fourth-order valence-corrected chi connectivity index (χ4v) is 2.62. The number of carbonyl (C=O) groups excluding carboxylic acids is 1. The molecule has 1 aliphatic carbocycles. The van der Waals surface area contributed by atoms with Crippen molar-refractivity contribution in [1.29, 1.82) is 0 Å². The van der Waals surface area contributed by atoms with E-state index in [2.05, 4.69) is 19.2 Å². The average Bonchev–Trinajstić information content (AvgIpc) is 2.29. The Kier molecular flexibility index (Phi) is 5.96. The molecule has 100 valence electrons. The van der Waals surface area contributed by atoms with Gasteiger partial charge in [0.15, 0.2) is 0 Å². The maximum Gasteiger partial charge on any atom is 0.222 e. The van der Waals surface area contributed by atoms with Gasteiger partial charge >= 0.3 is 0 Å². The van der Waals surface area contributed by atoms with Crippen LogP contribution in [0.1, 0.15) is 46.0 Å². The Morgan fingerprint density at radius 3 is 2.65 bits per heavy atom. The van der Waals surface area contributed by atoms with Crippen molar-refractivity contribution < 1.29 is 4.79 Å². The molecule has 0 aromatic carbocycles. The predicted octanol–water partition coefficient (Wildman–Crippen LogP) is 2.27. The minimum absolute atomic E-state index is 0.233. The summed E-state index contributed by atoms with van der Waals surface area (Å²) in [5, 5.41) is 3.63. The monoisotopic (exact) mass is 240 g/mol. The van der Waals surface area contributed by atoms with Crippen LogP contribution in [0.15, 0.2) is 0 Å². The van der Waals surface area contributed by atoms with E-state index in [1.807, 2.05) is 14.1 Å². The van der Waals surface area contributed by atoms with Crippen LogP contribution in [-0.2, 0) is 4.79 Å². The summed E-state index contributed by atoms with van der Waals surface area (Å²) in [6.45, 7) is 5.68. The Labute approximate surface area is 106 Å². The Morgan fingerprint density at radius 1 is 1.29 bits per heavy atom. The van der Waals surface area contributed by atoms with Crippen LogP contribution < -0.4 is 5.32 Å². The van der Waals surface area contributed by atoms with E-state index in [0.717, 1.165) is 24.8 Å². The van der Waals surface area contributed by atoms with Crippen LogP contribution in [0.2, 0.25) is 0 Å². The molecule has 0 aromatic heterocycles. The van der Waals surface area contributed by atoms with Gasteiger partial charge in [-0.15, -0.1) is 0 Å². The molecule has 0 heterocycles. The zero-order valence-electron chi connectivity index (χ0n) is 11.8. The molecule has 0 saturated heterocycles. The van der Waals surface area contributed by atoms with E-state index in [4.69, 9.17) is 0 Å². The summed E-state index contributed by atoms with van der Waals surface area (Å²) < 4.78 is 0. The summed E-state index contributed by atoms with van der Waals surface area (Å²) in [5.74, 6) is 1.84. The average molecular weight is 240 g/mol. The van der Waals surface area contributed by atoms with Crippen LogP contribution in [0.3, 0.4) is 0 Å². The summed E-state index contributed by atoms with van der Waals surface area (Å²) in [5.41, 5.74) is 0. The number of hydrogen-bond acceptors (Lipinski definition) is 2. The van der Waals surface area contributed by atoms with E-state index in [-0.39, 0.29) is 5.91 Å². The maximum absolute atomic E-state index is 11.4. The van der Waals surface area contributed by atoms with E-state index in [1.165, 1.54) is 19.3 Å². The van der Waals surface area contributed by atoms with Gasteiger partial charge in [-0.1, -0.05) is 26.7 Å². The lowest BCUT2D eigenvalue weighted by atomic mass is 9.78. The van der Waals surface area contributed by atoms with Gasteiger partial charge < -0.3 is 10.2 Å². The van der Waals surface area contributed by atoms with Gasteiger partial charge in [-0.2, -0.15) is 0 Å². The van der Waals surface area contributed by atoms with Crippen molar-refractivity contribution in [2.45, 2.75) is 52.0 Å². The molecule has 0 radical (unpaired) electrons. The molecule has 0 aromatic rings. The molecule has 3 atom stereocenters. The van der Waals surface area contributed by atoms with Gasteiger partial charge in [0.25, 0.3) is 0 Å². The van der Waals surface area contributed by atoms with Crippen molar-refractivity contribution >= 4 is 5.91 Å². The third-order valence-electron chi connectivity index (χ3n) is 4.18. The first-order valence-corrected chi connectivity index (χ1v) is 6.96. The van der Waals surface area contributed by atoms with Crippen LogP contribution in [0.4, 0.5) is 0 Å². The summed E-state index contributed by atoms with van der Waals surface area (Å²) in [6, 6.07) is 0.660. The van der Waals surface area contributed by atoms with Crippen molar-refractivity contribution in [3.8, 4) is 0 Å². The predicted molar refractivity (Wildman–Crippen MR) is 71.9 cm³/mol. The SMILES string of the molecule is CC1CCCC(NCCCC(=O)N(C)C)C1C. The fraction of sp³-hybridized carbons (Fsp3) is 0.929. The minimum atomic E-state index is 0.233. The molecule has 3 heteroatoms. The number of hydrogen-bond donors (Lipinski definition) is 1. The second-order valence-electron chi connectivity index (χ2n) is 5.72. The van der Waals surface area contributed by atoms with Gasteiger partial charge in [0, 0.05) is 26.6 Å². The Hall–Kier alpha value is -0.570. The molecular formula is C14H28N2O. The van der Waals surface area contributed by atoms with Crippen LogP contribution in [0, 0.1) is 11.8 Å². The summed E-state index contributed by atoms with van der Waals surface area (Å²) >= 11 is 0. The zero-order valence-corrected chi connectivity index (χ0v) is 11.8. The molecule has 0 spiro atoms. The van der Waals surface area contributed by atoms with Gasteiger partial charge in [0.05, 0.1) is 0 Å². The molecule has 0 aliphatic heterocycles. The van der Waals surface area contributed by atoms with E-state index in [1.54, 1.807) is 4.90 Å². The van der Waals surface area contributed by atoms with Crippen molar-refractivity contribution in [2.24, 2.45) is 11.8 Å². The normalized spacial score (nSPS) is 29.1. The Balaban J connectivity index is 2.16. The van der Waals surface area contributed by atoms with Crippen molar-refractivity contribution in [3.05, 3.63) is 0 Å². The van der Waals surface area contributed by atoms with Crippen LogP contribution in [0.25, 0.3) is 0 Å². The maximum atomic E-state index is 11.4. The molecule has 1 saturated carbocycles. The molecule has 3 nitrogen and oxygen atoms in total. The second-order valence-corrected chi connectivity index (χ2v) is 5.72. The van der Waals surface area contributed by atoms with Crippen LogP contribution in [-0.4, -0.2) is 37.5 Å². The van der Waals surface area contributed by atoms with E-state index >= 15 is 0 Å². The highest BCUT2D eigenvalue weighted by atomic mass is 16.2. The Bertz CT molecular complexity index is 240. The third kappa shape index (κ3) is 4.66. The number of amides is 1. The highest BCUT2D eigenvalue weighted by Gasteiger charge is 2.26. The number of nitrogens with one attached hydrogen (secondary N) is 1. The lowest BCUT2D eigenvalue weighted by Crippen LogP contribution is -2.41. The van der Waals surface area contributed by atoms with Crippen LogP contribution >= 0.6 is 0 Å². The first-order chi connectivity index (χ1) is 8.02. The standard InChI is InChI=1S/C14H28N2O/c1-11-7-5-8-13(12(11)2)15-10-6-9-14(17)16(3)4/h11-13,15H,5-10H2,1-4H3. The number of carbonyl (C=O) groups is 1. The van der Waals surface area contributed by atoms with Crippen molar-refractivity contribution in [2.75, 3.05) is 20.6 Å². The molecule has 17 heavy (non-hydrogen) atoms. The zero-order chi connectivity index (χ0) is 12.8. The molecule has 0 bridgehead atoms. The van der Waals surface area contributed by atoms with Crippen molar-refractivity contribution in [3.63, 3.8) is 0 Å². The lowest BCUT2D eigenvalue weighted by molar-refractivity contribution is -0.128. The Morgan fingerprint density at radius 2 is 2.00 bits per heavy atom. The molecule has 3 unspecified atom stereocenters. The summed E-state index contributed by atoms with van der Waals surface area (Å²) in [6.07, 6.45) is 5.64. The largest absolute Gasteiger partial charge is 0.349 e. The van der Waals surface area contributed by atoms with Gasteiger partial charge in [0.1, 0.15) is 0 Å². The van der Waals surface area contributed by atoms with Gasteiger partial charge in [-0.3, -0.25) is 4.79 Å². The molecule has 1 rings (SSSR count). The smallest absolute Gasteiger partial charge is 0.222 e.